The van der Waals surface area contributed by atoms with Crippen molar-refractivity contribution < 1.29 is 17.9 Å². The van der Waals surface area contributed by atoms with Gasteiger partial charge in [0.15, 0.2) is 0 Å². The van der Waals surface area contributed by atoms with Gasteiger partial charge in [-0.25, -0.2) is 8.42 Å². The highest BCUT2D eigenvalue weighted by Crippen LogP contribution is 2.31. The van der Waals surface area contributed by atoms with Crippen molar-refractivity contribution in [1.29, 1.82) is 0 Å². The van der Waals surface area contributed by atoms with Crippen molar-refractivity contribution in [3.8, 4) is 5.75 Å². The summed E-state index contributed by atoms with van der Waals surface area (Å²) in [7, 11) is -3.66. The first-order valence-corrected chi connectivity index (χ1v) is 11.8. The lowest BCUT2D eigenvalue weighted by Crippen LogP contribution is -2.29. The van der Waals surface area contributed by atoms with Crippen molar-refractivity contribution >= 4 is 44.6 Å². The van der Waals surface area contributed by atoms with Crippen LogP contribution >= 0.6 is 22.9 Å². The quantitative estimate of drug-likeness (QED) is 0.686. The van der Waals surface area contributed by atoms with E-state index in [-0.39, 0.29) is 9.77 Å². The number of halogens is 1. The third kappa shape index (κ3) is 4.68. The zero-order valence-electron chi connectivity index (χ0n) is 15.8. The molecular weight excluding hydrogens is 420 g/mol. The van der Waals surface area contributed by atoms with Gasteiger partial charge in [0.1, 0.15) is 15.5 Å². The zero-order chi connectivity index (χ0) is 20.3. The van der Waals surface area contributed by atoms with Gasteiger partial charge in [-0.2, -0.15) is 4.31 Å². The number of thiophene rings is 1. The van der Waals surface area contributed by atoms with Crippen molar-refractivity contribution in [2.24, 2.45) is 5.92 Å². The smallest absolute Gasteiger partial charge is 0.267 e. The summed E-state index contributed by atoms with van der Waals surface area (Å²) in [6.45, 7) is 5.60. The highest BCUT2D eigenvalue weighted by atomic mass is 35.5. The van der Waals surface area contributed by atoms with Crippen LogP contribution in [0.5, 0.6) is 5.75 Å². The maximum Gasteiger partial charge on any atom is 0.267 e. The molecule has 1 aliphatic rings. The van der Waals surface area contributed by atoms with Crippen LogP contribution in [0.1, 0.15) is 36.4 Å². The molecule has 3 rings (SSSR count). The van der Waals surface area contributed by atoms with Gasteiger partial charge >= 0.3 is 0 Å². The molecule has 9 heteroatoms. The van der Waals surface area contributed by atoms with E-state index in [1.165, 1.54) is 10.4 Å². The van der Waals surface area contributed by atoms with E-state index in [0.29, 0.717) is 42.1 Å². The second-order valence-corrected chi connectivity index (χ2v) is 10.3. The Morgan fingerprint density at radius 2 is 2.00 bits per heavy atom. The average molecular weight is 443 g/mol. The van der Waals surface area contributed by atoms with Crippen molar-refractivity contribution in [3.63, 3.8) is 0 Å². The fourth-order valence-corrected chi connectivity index (χ4v) is 5.92. The van der Waals surface area contributed by atoms with Crippen molar-refractivity contribution in [1.82, 2.24) is 4.31 Å². The molecule has 0 saturated carbocycles. The Labute approximate surface area is 174 Å². The number of ether oxygens (including phenoxy) is 1. The van der Waals surface area contributed by atoms with Crippen LogP contribution < -0.4 is 10.1 Å². The third-order valence-electron chi connectivity index (χ3n) is 4.28. The second-order valence-electron chi connectivity index (χ2n) is 7.03. The Morgan fingerprint density at radius 3 is 2.64 bits per heavy atom. The summed E-state index contributed by atoms with van der Waals surface area (Å²) in [5.41, 5.74) is 0.477. The van der Waals surface area contributed by atoms with E-state index in [1.807, 2.05) is 13.8 Å². The van der Waals surface area contributed by atoms with E-state index in [0.717, 1.165) is 24.2 Å². The van der Waals surface area contributed by atoms with Crippen LogP contribution in [-0.2, 0) is 10.0 Å². The van der Waals surface area contributed by atoms with Crippen LogP contribution in [0.25, 0.3) is 0 Å². The van der Waals surface area contributed by atoms with Gasteiger partial charge in [-0.15, -0.1) is 11.3 Å². The minimum atomic E-state index is -3.66. The summed E-state index contributed by atoms with van der Waals surface area (Å²) in [6, 6.07) is 6.46. The number of carbonyl (C=O) groups excluding carboxylic acids is 1. The molecule has 1 fully saturated rings. The van der Waals surface area contributed by atoms with Crippen LogP contribution in [0.3, 0.4) is 0 Å². The van der Waals surface area contributed by atoms with Gasteiger partial charge < -0.3 is 10.1 Å². The van der Waals surface area contributed by atoms with Gasteiger partial charge in [0, 0.05) is 18.8 Å². The number of anilines is 1. The molecule has 1 aromatic heterocycles. The van der Waals surface area contributed by atoms with Crippen molar-refractivity contribution in [3.05, 3.63) is 39.5 Å². The van der Waals surface area contributed by atoms with Crippen LogP contribution in [-0.4, -0.2) is 38.3 Å². The molecule has 0 aliphatic carbocycles. The van der Waals surface area contributed by atoms with E-state index in [1.54, 1.807) is 23.6 Å². The van der Waals surface area contributed by atoms with Crippen molar-refractivity contribution in [2.75, 3.05) is 25.0 Å². The molecule has 2 aromatic rings. The van der Waals surface area contributed by atoms with Crippen LogP contribution in [0, 0.1) is 5.92 Å². The SMILES string of the molecule is CC(C)COc1ccc(NC(=O)c2sccc2S(=O)(=O)N2CCCC2)cc1Cl. The van der Waals surface area contributed by atoms with Gasteiger partial charge in [-0.3, -0.25) is 4.79 Å². The van der Waals surface area contributed by atoms with E-state index >= 15 is 0 Å². The lowest BCUT2D eigenvalue weighted by molar-refractivity contribution is 0.102. The molecule has 0 spiro atoms. The minimum absolute atomic E-state index is 0.0554. The molecule has 0 unspecified atom stereocenters. The molecule has 6 nitrogen and oxygen atoms in total. The Hall–Kier alpha value is -1.61. The highest BCUT2D eigenvalue weighted by Gasteiger charge is 2.31. The normalized spacial score (nSPS) is 15.1. The summed E-state index contributed by atoms with van der Waals surface area (Å²) in [4.78, 5) is 12.9. The number of benzene rings is 1. The molecule has 1 aliphatic heterocycles. The molecule has 0 bridgehead atoms. The number of carbonyl (C=O) groups is 1. The first kappa shape index (κ1) is 21.1. The largest absolute Gasteiger partial charge is 0.492 e. The topological polar surface area (TPSA) is 75.7 Å². The van der Waals surface area contributed by atoms with E-state index in [4.69, 9.17) is 16.3 Å². The lowest BCUT2D eigenvalue weighted by Gasteiger charge is -2.16. The predicted molar refractivity (Wildman–Crippen MR) is 112 cm³/mol. The molecule has 0 atom stereocenters. The van der Waals surface area contributed by atoms with Gasteiger partial charge in [0.2, 0.25) is 10.0 Å². The minimum Gasteiger partial charge on any atom is -0.492 e. The molecule has 1 amide bonds. The Bertz CT molecular complexity index is 951. The Morgan fingerprint density at radius 1 is 1.29 bits per heavy atom. The van der Waals surface area contributed by atoms with Crippen molar-refractivity contribution in [2.45, 2.75) is 31.6 Å². The first-order valence-electron chi connectivity index (χ1n) is 9.10. The summed E-state index contributed by atoms with van der Waals surface area (Å²) in [6.07, 6.45) is 1.68. The maximum atomic E-state index is 12.8. The Balaban J connectivity index is 1.76. The predicted octanol–water partition coefficient (Wildman–Crippen LogP) is 4.47. The molecule has 0 radical (unpaired) electrons. The van der Waals surface area contributed by atoms with Crippen LogP contribution in [0.2, 0.25) is 5.02 Å². The number of hydrogen-bond donors (Lipinski definition) is 1. The number of hydrogen-bond acceptors (Lipinski definition) is 5. The van der Waals surface area contributed by atoms with Gasteiger partial charge in [-0.05, 0) is 48.4 Å². The fourth-order valence-electron chi connectivity index (χ4n) is 2.87. The zero-order valence-corrected chi connectivity index (χ0v) is 18.2. The van der Waals surface area contributed by atoms with Gasteiger partial charge in [0.25, 0.3) is 5.91 Å². The highest BCUT2D eigenvalue weighted by molar-refractivity contribution is 7.89. The number of nitrogens with zero attached hydrogens (tertiary/aromatic N) is 1. The summed E-state index contributed by atoms with van der Waals surface area (Å²) in [5, 5.41) is 4.73. The number of sulfonamides is 1. The van der Waals surface area contributed by atoms with Gasteiger partial charge in [0.05, 0.1) is 11.6 Å². The standard InChI is InChI=1S/C19H23ClN2O4S2/c1-13(2)12-26-16-6-5-14(11-15(16)20)21-19(23)18-17(7-10-27-18)28(24,25)22-8-3-4-9-22/h5-7,10-11,13H,3-4,8-9,12H2,1-2H3,(H,21,23). The second kappa shape index (κ2) is 8.82. The monoisotopic (exact) mass is 442 g/mol. The molecular formula is C19H23ClN2O4S2. The molecule has 1 N–H and O–H groups in total. The van der Waals surface area contributed by atoms with E-state index in [2.05, 4.69) is 5.32 Å². The van der Waals surface area contributed by atoms with Crippen LogP contribution in [0.4, 0.5) is 5.69 Å². The average Bonchev–Trinajstić information content (AvgIpc) is 3.33. The number of amides is 1. The summed E-state index contributed by atoms with van der Waals surface area (Å²) >= 11 is 7.34. The maximum absolute atomic E-state index is 12.8. The molecule has 1 saturated heterocycles. The van der Waals surface area contributed by atoms with Crippen LogP contribution in [0.15, 0.2) is 34.5 Å². The summed E-state index contributed by atoms with van der Waals surface area (Å²) < 4.78 is 32.7. The molecule has 1 aromatic carbocycles. The number of rotatable bonds is 7. The van der Waals surface area contributed by atoms with E-state index in [9.17, 15) is 13.2 Å². The van der Waals surface area contributed by atoms with E-state index < -0.39 is 15.9 Å². The first-order chi connectivity index (χ1) is 13.3. The summed E-state index contributed by atoms with van der Waals surface area (Å²) in [5.74, 6) is 0.437. The Kier molecular flexibility index (Phi) is 6.65. The molecule has 2 heterocycles. The third-order valence-corrected chi connectivity index (χ3v) is 7.56. The lowest BCUT2D eigenvalue weighted by atomic mass is 10.2. The van der Waals surface area contributed by atoms with Gasteiger partial charge in [-0.1, -0.05) is 25.4 Å². The molecule has 152 valence electrons. The molecule has 28 heavy (non-hydrogen) atoms. The number of nitrogens with one attached hydrogen (secondary N) is 1. The fraction of sp³-hybridized carbons (Fsp3) is 0.421.